The van der Waals surface area contributed by atoms with Crippen molar-refractivity contribution in [3.8, 4) is 0 Å². The summed E-state index contributed by atoms with van der Waals surface area (Å²) in [6.07, 6.45) is 2.08. The van der Waals surface area contributed by atoms with Crippen molar-refractivity contribution < 1.29 is 22.9 Å². The van der Waals surface area contributed by atoms with Crippen molar-refractivity contribution in [1.82, 2.24) is 0 Å². The van der Waals surface area contributed by atoms with Crippen LogP contribution in [0.4, 0.5) is 24.5 Å². The molecular weight excluding hydrogens is 313 g/mol. The number of halogens is 3. The van der Waals surface area contributed by atoms with Gasteiger partial charge in [0.2, 0.25) is 5.91 Å². The number of rotatable bonds is 4. The molecule has 0 heterocycles. The maximum Gasteiger partial charge on any atom is 0.276 e. The summed E-state index contributed by atoms with van der Waals surface area (Å²) in [4.78, 5) is 21.9. The lowest BCUT2D eigenvalue weighted by Gasteiger charge is -2.05. The number of nitro benzene ring substituents is 1. The van der Waals surface area contributed by atoms with Crippen LogP contribution >= 0.6 is 0 Å². The molecule has 0 spiro atoms. The van der Waals surface area contributed by atoms with Crippen molar-refractivity contribution in [2.75, 3.05) is 5.32 Å². The first kappa shape index (κ1) is 16.2. The molecule has 118 valence electrons. The molecule has 8 heteroatoms. The number of nitrogens with zero attached hydrogens (tertiary/aromatic N) is 1. The van der Waals surface area contributed by atoms with Gasteiger partial charge in [-0.25, -0.2) is 13.2 Å². The van der Waals surface area contributed by atoms with E-state index in [0.717, 1.165) is 18.2 Å². The van der Waals surface area contributed by atoms with E-state index in [2.05, 4.69) is 0 Å². The third-order valence-corrected chi connectivity index (χ3v) is 2.84. The molecule has 2 aromatic rings. The highest BCUT2D eigenvalue weighted by atomic mass is 19.2. The zero-order chi connectivity index (χ0) is 17.0. The predicted octanol–water partition coefficient (Wildman–Crippen LogP) is 3.66. The number of anilines is 1. The summed E-state index contributed by atoms with van der Waals surface area (Å²) in [5.41, 5.74) is -0.588. The van der Waals surface area contributed by atoms with Gasteiger partial charge in [-0.2, -0.15) is 0 Å². The quantitative estimate of drug-likeness (QED) is 0.404. The SMILES string of the molecule is O=C(/C=C/c1ccccc1[N+](=O)[O-])Nc1ccc(F)c(F)c1F. The number of para-hydroxylation sites is 1. The summed E-state index contributed by atoms with van der Waals surface area (Å²) in [6.45, 7) is 0. The van der Waals surface area contributed by atoms with Gasteiger partial charge in [0.25, 0.3) is 5.69 Å². The standard InChI is InChI=1S/C15H9F3N2O3/c16-10-6-7-11(15(18)14(10)17)19-13(21)8-5-9-3-1-2-4-12(9)20(22)23/h1-8H,(H,19,21)/b8-5+. The third-order valence-electron chi connectivity index (χ3n) is 2.84. The fourth-order valence-corrected chi connectivity index (χ4v) is 1.76. The van der Waals surface area contributed by atoms with Gasteiger partial charge in [0.1, 0.15) is 0 Å². The lowest BCUT2D eigenvalue weighted by molar-refractivity contribution is -0.385. The molecule has 0 saturated heterocycles. The van der Waals surface area contributed by atoms with Crippen molar-refractivity contribution in [1.29, 1.82) is 0 Å². The first-order chi connectivity index (χ1) is 10.9. The molecule has 0 radical (unpaired) electrons. The second kappa shape index (κ2) is 6.73. The van der Waals surface area contributed by atoms with Crippen LogP contribution in [0.15, 0.2) is 42.5 Å². The van der Waals surface area contributed by atoms with E-state index in [-0.39, 0.29) is 11.3 Å². The Labute approximate surface area is 128 Å². The Morgan fingerprint density at radius 1 is 1.09 bits per heavy atom. The Morgan fingerprint density at radius 3 is 2.48 bits per heavy atom. The number of carbonyl (C=O) groups excluding carboxylic acids is 1. The molecule has 0 unspecified atom stereocenters. The van der Waals surface area contributed by atoms with Crippen LogP contribution in [0.25, 0.3) is 6.08 Å². The van der Waals surface area contributed by atoms with Crippen LogP contribution in [0.2, 0.25) is 0 Å². The number of nitro groups is 1. The Balaban J connectivity index is 2.18. The van der Waals surface area contributed by atoms with Crippen molar-refractivity contribution in [2.24, 2.45) is 0 Å². The van der Waals surface area contributed by atoms with Gasteiger partial charge in [-0.15, -0.1) is 0 Å². The van der Waals surface area contributed by atoms with E-state index in [1.54, 1.807) is 6.07 Å². The number of hydrogen-bond donors (Lipinski definition) is 1. The fraction of sp³-hybridized carbons (Fsp3) is 0. The van der Waals surface area contributed by atoms with Crippen molar-refractivity contribution in [2.45, 2.75) is 0 Å². The van der Waals surface area contributed by atoms with Crippen molar-refractivity contribution >= 4 is 23.4 Å². The summed E-state index contributed by atoms with van der Waals surface area (Å²) in [5, 5.41) is 12.8. The summed E-state index contributed by atoms with van der Waals surface area (Å²) in [7, 11) is 0. The zero-order valence-corrected chi connectivity index (χ0v) is 11.4. The zero-order valence-electron chi connectivity index (χ0n) is 11.4. The third kappa shape index (κ3) is 3.73. The minimum absolute atomic E-state index is 0.165. The lowest BCUT2D eigenvalue weighted by Crippen LogP contribution is -2.10. The van der Waals surface area contributed by atoms with Gasteiger partial charge in [-0.05, 0) is 24.3 Å². The van der Waals surface area contributed by atoms with Gasteiger partial charge in [0.05, 0.1) is 16.2 Å². The average molecular weight is 322 g/mol. The first-order valence-electron chi connectivity index (χ1n) is 6.26. The minimum Gasteiger partial charge on any atom is -0.320 e. The van der Waals surface area contributed by atoms with Gasteiger partial charge in [0, 0.05) is 12.1 Å². The Morgan fingerprint density at radius 2 is 1.78 bits per heavy atom. The Kier molecular flexibility index (Phi) is 4.75. The molecule has 0 aliphatic rings. The number of hydrogen-bond acceptors (Lipinski definition) is 3. The molecular formula is C15H9F3N2O3. The van der Waals surface area contributed by atoms with Gasteiger partial charge in [-0.1, -0.05) is 12.1 Å². The van der Waals surface area contributed by atoms with Crippen LogP contribution in [-0.4, -0.2) is 10.8 Å². The largest absolute Gasteiger partial charge is 0.320 e. The molecule has 23 heavy (non-hydrogen) atoms. The van der Waals surface area contributed by atoms with Gasteiger partial charge in [-0.3, -0.25) is 14.9 Å². The smallest absolute Gasteiger partial charge is 0.276 e. The predicted molar refractivity (Wildman–Crippen MR) is 77.1 cm³/mol. The molecule has 1 N–H and O–H groups in total. The molecule has 2 aromatic carbocycles. The number of nitrogens with one attached hydrogen (secondary N) is 1. The molecule has 0 fully saturated rings. The van der Waals surface area contributed by atoms with Crippen LogP contribution in [0.3, 0.4) is 0 Å². The van der Waals surface area contributed by atoms with Crippen LogP contribution in [0.5, 0.6) is 0 Å². The van der Waals surface area contributed by atoms with Crippen LogP contribution in [0, 0.1) is 27.6 Å². The monoisotopic (exact) mass is 322 g/mol. The molecule has 2 rings (SSSR count). The first-order valence-corrected chi connectivity index (χ1v) is 6.26. The van der Waals surface area contributed by atoms with Crippen LogP contribution in [0.1, 0.15) is 5.56 Å². The Bertz CT molecular complexity index is 807. The van der Waals surface area contributed by atoms with Gasteiger partial charge in [0.15, 0.2) is 17.5 Å². The molecule has 0 aliphatic carbocycles. The maximum atomic E-state index is 13.4. The number of carbonyl (C=O) groups is 1. The number of amides is 1. The number of benzene rings is 2. The van der Waals surface area contributed by atoms with Crippen LogP contribution < -0.4 is 5.32 Å². The van der Waals surface area contributed by atoms with E-state index in [1.165, 1.54) is 18.2 Å². The molecule has 0 saturated carbocycles. The summed E-state index contributed by atoms with van der Waals surface area (Å²) in [6, 6.07) is 7.21. The van der Waals surface area contributed by atoms with E-state index >= 15 is 0 Å². The molecule has 1 amide bonds. The van der Waals surface area contributed by atoms with E-state index < -0.39 is 34.0 Å². The van der Waals surface area contributed by atoms with E-state index in [4.69, 9.17) is 0 Å². The second-order valence-electron chi connectivity index (χ2n) is 4.36. The molecule has 0 aliphatic heterocycles. The second-order valence-corrected chi connectivity index (χ2v) is 4.36. The summed E-state index contributed by atoms with van der Waals surface area (Å²) in [5.74, 6) is -5.47. The van der Waals surface area contributed by atoms with Gasteiger partial charge < -0.3 is 5.32 Å². The summed E-state index contributed by atoms with van der Waals surface area (Å²) < 4.78 is 39.2. The average Bonchev–Trinajstić information content (AvgIpc) is 2.53. The van der Waals surface area contributed by atoms with E-state index in [1.807, 2.05) is 5.32 Å². The van der Waals surface area contributed by atoms with Gasteiger partial charge >= 0.3 is 0 Å². The van der Waals surface area contributed by atoms with E-state index in [9.17, 15) is 28.1 Å². The van der Waals surface area contributed by atoms with Crippen molar-refractivity contribution in [3.63, 3.8) is 0 Å². The van der Waals surface area contributed by atoms with Crippen LogP contribution in [-0.2, 0) is 4.79 Å². The lowest BCUT2D eigenvalue weighted by atomic mass is 10.1. The van der Waals surface area contributed by atoms with E-state index in [0.29, 0.717) is 6.07 Å². The highest BCUT2D eigenvalue weighted by molar-refractivity contribution is 6.02. The highest BCUT2D eigenvalue weighted by Crippen LogP contribution is 2.21. The Hall–Kier alpha value is -3.16. The highest BCUT2D eigenvalue weighted by Gasteiger charge is 2.14. The molecule has 0 bridgehead atoms. The molecule has 0 aromatic heterocycles. The molecule has 5 nitrogen and oxygen atoms in total. The van der Waals surface area contributed by atoms with Crippen molar-refractivity contribution in [3.05, 3.63) is 75.6 Å². The topological polar surface area (TPSA) is 72.2 Å². The molecule has 0 atom stereocenters. The fourth-order valence-electron chi connectivity index (χ4n) is 1.76. The minimum atomic E-state index is -1.70. The maximum absolute atomic E-state index is 13.4. The normalized spacial score (nSPS) is 10.7. The summed E-state index contributed by atoms with van der Waals surface area (Å²) >= 11 is 0.